The summed E-state index contributed by atoms with van der Waals surface area (Å²) in [6, 6.07) is 9.98. The number of benzene rings is 1. The molecule has 0 saturated carbocycles. The number of rotatable bonds is 7. The Kier molecular flexibility index (Phi) is 5.01. The van der Waals surface area contributed by atoms with E-state index in [-0.39, 0.29) is 0 Å². The first-order valence-electron chi connectivity index (χ1n) is 9.14. The molecular formula is C20H22N8. The lowest BCUT2D eigenvalue weighted by molar-refractivity contribution is 0.660. The fraction of sp³-hybridized carbons (Fsp3) is 0.200. The number of aryl methyl sites for hydroxylation is 2. The van der Waals surface area contributed by atoms with E-state index in [4.69, 9.17) is 5.73 Å². The van der Waals surface area contributed by atoms with Crippen molar-refractivity contribution in [2.24, 2.45) is 0 Å². The Hall–Kier alpha value is -3.68. The van der Waals surface area contributed by atoms with Gasteiger partial charge in [0.2, 0.25) is 0 Å². The largest absolute Gasteiger partial charge is 0.393 e. The molecule has 4 rings (SSSR count). The normalized spacial score (nSPS) is 10.9. The van der Waals surface area contributed by atoms with Crippen molar-refractivity contribution < 1.29 is 0 Å². The Bertz CT molecular complexity index is 1070. The maximum atomic E-state index is 6.30. The predicted molar refractivity (Wildman–Crippen MR) is 112 cm³/mol. The summed E-state index contributed by atoms with van der Waals surface area (Å²) in [4.78, 5) is 17.2. The second-order valence-corrected chi connectivity index (χ2v) is 6.52. The van der Waals surface area contributed by atoms with Crippen LogP contribution in [0.15, 0.2) is 55.4 Å². The molecule has 3 heterocycles. The number of pyridine rings is 1. The number of nitrogens with zero attached hydrogens (tertiary/aromatic N) is 5. The minimum absolute atomic E-state index is 0.488. The standard InChI is InChI=1S/C20H22N8/c1-14-6-7-15-16(26-14)4-2-5-17(15)27-20-18(21)19(24-12-25-20)23-8-3-10-28-11-9-22-13-28/h2,4-7,9,11-13H,3,8,10,21H2,1H3,(H2,23,24,25,27). The zero-order valence-corrected chi connectivity index (χ0v) is 15.6. The van der Waals surface area contributed by atoms with Crippen LogP contribution in [0.3, 0.4) is 0 Å². The third kappa shape index (κ3) is 3.85. The third-order valence-corrected chi connectivity index (χ3v) is 4.45. The Morgan fingerprint density at radius 1 is 1.11 bits per heavy atom. The fourth-order valence-electron chi connectivity index (χ4n) is 3.02. The zero-order chi connectivity index (χ0) is 19.3. The molecule has 0 aliphatic heterocycles. The van der Waals surface area contributed by atoms with Gasteiger partial charge in [-0.1, -0.05) is 6.07 Å². The molecule has 142 valence electrons. The molecular weight excluding hydrogens is 352 g/mol. The van der Waals surface area contributed by atoms with E-state index in [2.05, 4.69) is 30.6 Å². The first-order chi connectivity index (χ1) is 13.7. The Morgan fingerprint density at radius 3 is 2.86 bits per heavy atom. The van der Waals surface area contributed by atoms with Gasteiger partial charge in [0.25, 0.3) is 0 Å². The number of aromatic nitrogens is 5. The van der Waals surface area contributed by atoms with Gasteiger partial charge < -0.3 is 20.9 Å². The maximum absolute atomic E-state index is 6.30. The minimum Gasteiger partial charge on any atom is -0.393 e. The maximum Gasteiger partial charge on any atom is 0.159 e. The average molecular weight is 374 g/mol. The van der Waals surface area contributed by atoms with E-state index in [1.54, 1.807) is 6.20 Å². The van der Waals surface area contributed by atoms with Crippen molar-refractivity contribution >= 4 is 33.9 Å². The summed E-state index contributed by atoms with van der Waals surface area (Å²) in [5, 5.41) is 7.62. The number of nitrogens with one attached hydrogen (secondary N) is 2. The van der Waals surface area contributed by atoms with Crippen LogP contribution in [0.2, 0.25) is 0 Å². The molecule has 0 atom stereocenters. The summed E-state index contributed by atoms with van der Waals surface area (Å²) in [6.45, 7) is 3.61. The van der Waals surface area contributed by atoms with Crippen LogP contribution >= 0.6 is 0 Å². The number of nitrogen functional groups attached to an aromatic ring is 1. The Morgan fingerprint density at radius 2 is 2.00 bits per heavy atom. The summed E-state index contributed by atoms with van der Waals surface area (Å²) < 4.78 is 2.04. The molecule has 28 heavy (non-hydrogen) atoms. The van der Waals surface area contributed by atoms with Crippen molar-refractivity contribution in [3.8, 4) is 0 Å². The third-order valence-electron chi connectivity index (χ3n) is 4.45. The number of fused-ring (bicyclic) bond motifs is 1. The van der Waals surface area contributed by atoms with Gasteiger partial charge in [-0.2, -0.15) is 0 Å². The van der Waals surface area contributed by atoms with Gasteiger partial charge in [-0.05, 0) is 37.6 Å². The first-order valence-corrected chi connectivity index (χ1v) is 9.14. The summed E-state index contributed by atoms with van der Waals surface area (Å²) >= 11 is 0. The van der Waals surface area contributed by atoms with E-state index in [9.17, 15) is 0 Å². The number of nitrogens with two attached hydrogens (primary N) is 1. The second-order valence-electron chi connectivity index (χ2n) is 6.52. The summed E-state index contributed by atoms with van der Waals surface area (Å²) in [5.74, 6) is 1.19. The van der Waals surface area contributed by atoms with Gasteiger partial charge >= 0.3 is 0 Å². The molecule has 4 N–H and O–H groups in total. The molecule has 8 nitrogen and oxygen atoms in total. The molecule has 0 aliphatic carbocycles. The van der Waals surface area contributed by atoms with Crippen LogP contribution in [0.5, 0.6) is 0 Å². The summed E-state index contributed by atoms with van der Waals surface area (Å²) in [7, 11) is 0. The molecule has 0 spiro atoms. The molecule has 0 bridgehead atoms. The quantitative estimate of drug-likeness (QED) is 0.426. The van der Waals surface area contributed by atoms with E-state index in [1.165, 1.54) is 6.33 Å². The van der Waals surface area contributed by atoms with Gasteiger partial charge in [-0.25, -0.2) is 15.0 Å². The number of imidazole rings is 1. The van der Waals surface area contributed by atoms with E-state index in [0.29, 0.717) is 17.3 Å². The topological polar surface area (TPSA) is 107 Å². The number of anilines is 4. The van der Waals surface area contributed by atoms with E-state index in [0.717, 1.165) is 41.8 Å². The molecule has 0 saturated heterocycles. The van der Waals surface area contributed by atoms with Gasteiger partial charge in [0.1, 0.15) is 12.0 Å². The van der Waals surface area contributed by atoms with Crippen molar-refractivity contribution in [3.63, 3.8) is 0 Å². The Balaban J connectivity index is 1.48. The van der Waals surface area contributed by atoms with Crippen LogP contribution in [0.25, 0.3) is 10.9 Å². The molecule has 8 heteroatoms. The average Bonchev–Trinajstić information content (AvgIpc) is 3.21. The van der Waals surface area contributed by atoms with Gasteiger partial charge in [-0.15, -0.1) is 0 Å². The molecule has 0 fully saturated rings. The highest BCUT2D eigenvalue weighted by molar-refractivity contribution is 5.94. The van der Waals surface area contributed by atoms with Crippen molar-refractivity contribution in [2.45, 2.75) is 19.9 Å². The van der Waals surface area contributed by atoms with Crippen LogP contribution in [0, 0.1) is 6.92 Å². The predicted octanol–water partition coefficient (Wildman–Crippen LogP) is 3.36. The van der Waals surface area contributed by atoms with Gasteiger partial charge in [0, 0.05) is 42.3 Å². The molecule has 0 unspecified atom stereocenters. The number of hydrogen-bond donors (Lipinski definition) is 3. The highest BCUT2D eigenvalue weighted by atomic mass is 15.1. The lowest BCUT2D eigenvalue weighted by atomic mass is 10.1. The van der Waals surface area contributed by atoms with Crippen molar-refractivity contribution in [1.82, 2.24) is 24.5 Å². The molecule has 0 amide bonds. The van der Waals surface area contributed by atoms with E-state index < -0.39 is 0 Å². The van der Waals surface area contributed by atoms with Crippen molar-refractivity contribution in [3.05, 3.63) is 61.1 Å². The first kappa shape index (κ1) is 17.7. The van der Waals surface area contributed by atoms with Crippen molar-refractivity contribution in [2.75, 3.05) is 22.9 Å². The lowest BCUT2D eigenvalue weighted by Gasteiger charge is -2.14. The molecule has 1 aromatic carbocycles. The fourth-order valence-corrected chi connectivity index (χ4v) is 3.02. The van der Waals surface area contributed by atoms with Crippen LogP contribution in [-0.4, -0.2) is 31.0 Å². The monoisotopic (exact) mass is 374 g/mol. The zero-order valence-electron chi connectivity index (χ0n) is 15.6. The smallest absolute Gasteiger partial charge is 0.159 e. The van der Waals surface area contributed by atoms with Crippen molar-refractivity contribution in [1.29, 1.82) is 0 Å². The Labute approximate surface area is 162 Å². The molecule has 4 aromatic rings. The molecule has 0 radical (unpaired) electrons. The summed E-state index contributed by atoms with van der Waals surface area (Å²) in [5.41, 5.74) is 9.59. The van der Waals surface area contributed by atoms with E-state index in [1.807, 2.05) is 54.3 Å². The summed E-state index contributed by atoms with van der Waals surface area (Å²) in [6.07, 6.45) is 7.96. The lowest BCUT2D eigenvalue weighted by Crippen LogP contribution is -2.10. The SMILES string of the molecule is Cc1ccc2c(Nc3ncnc(NCCCn4ccnc4)c3N)cccc2n1. The second kappa shape index (κ2) is 7.91. The van der Waals surface area contributed by atoms with Crippen LogP contribution in [0.1, 0.15) is 12.1 Å². The van der Waals surface area contributed by atoms with Crippen LogP contribution in [0.4, 0.5) is 23.0 Å². The van der Waals surface area contributed by atoms with Crippen LogP contribution < -0.4 is 16.4 Å². The molecule has 0 aliphatic rings. The minimum atomic E-state index is 0.488. The van der Waals surface area contributed by atoms with E-state index >= 15 is 0 Å². The number of hydrogen-bond acceptors (Lipinski definition) is 7. The van der Waals surface area contributed by atoms with Gasteiger partial charge in [-0.3, -0.25) is 4.98 Å². The molecule has 3 aromatic heterocycles. The van der Waals surface area contributed by atoms with Gasteiger partial charge in [0.05, 0.1) is 11.8 Å². The van der Waals surface area contributed by atoms with Gasteiger partial charge in [0.15, 0.2) is 11.6 Å². The highest BCUT2D eigenvalue weighted by Crippen LogP contribution is 2.29. The van der Waals surface area contributed by atoms with Crippen LogP contribution in [-0.2, 0) is 6.54 Å². The highest BCUT2D eigenvalue weighted by Gasteiger charge is 2.10.